The van der Waals surface area contributed by atoms with Crippen LogP contribution >= 0.6 is 0 Å². The summed E-state index contributed by atoms with van der Waals surface area (Å²) in [6.07, 6.45) is 17.3. The molecule has 0 aliphatic heterocycles. The Morgan fingerprint density at radius 3 is 2.21 bits per heavy atom. The number of terminal acetylenes is 1. The summed E-state index contributed by atoms with van der Waals surface area (Å²) in [5, 5.41) is 4.93. The number of aromatic nitrogens is 2. The molecule has 1 aromatic heterocycles. The van der Waals surface area contributed by atoms with E-state index in [0.717, 1.165) is 57.7 Å². The molecule has 0 saturated heterocycles. The van der Waals surface area contributed by atoms with Crippen LogP contribution in [0.5, 0.6) is 0 Å². The number of para-hydroxylation sites is 1. The molecule has 0 N–H and O–H groups in total. The van der Waals surface area contributed by atoms with Crippen LogP contribution in [0.15, 0.2) is 115 Å². The van der Waals surface area contributed by atoms with E-state index in [9.17, 15) is 0 Å². The fourth-order valence-corrected chi connectivity index (χ4v) is 6.42. The lowest BCUT2D eigenvalue weighted by Gasteiger charge is -2.17. The van der Waals surface area contributed by atoms with Gasteiger partial charge in [-0.05, 0) is 101 Å². The predicted octanol–water partition coefficient (Wildman–Crippen LogP) is 8.63. The van der Waals surface area contributed by atoms with Crippen LogP contribution in [-0.2, 0) is 0 Å². The topological polar surface area (TPSA) is 17.8 Å². The number of imidazole rings is 1. The fourth-order valence-electron chi connectivity index (χ4n) is 6.42. The van der Waals surface area contributed by atoms with E-state index in [2.05, 4.69) is 146 Å². The van der Waals surface area contributed by atoms with E-state index in [4.69, 9.17) is 11.4 Å². The van der Waals surface area contributed by atoms with Gasteiger partial charge in [0.2, 0.25) is 0 Å². The quantitative estimate of drug-likeness (QED) is 0.155. The lowest BCUT2D eigenvalue weighted by atomic mass is 9.86. The number of aryl methyl sites for hydroxylation is 1. The molecular formula is C41H32N2. The molecule has 0 atom stereocenters. The largest absolute Gasteiger partial charge is 0.297 e. The zero-order valence-corrected chi connectivity index (χ0v) is 24.5. The van der Waals surface area contributed by atoms with Crippen molar-refractivity contribution in [1.82, 2.24) is 9.55 Å². The first-order valence-electron chi connectivity index (χ1n) is 14.8. The van der Waals surface area contributed by atoms with E-state index < -0.39 is 0 Å². The Morgan fingerprint density at radius 2 is 1.47 bits per heavy atom. The Labute approximate surface area is 252 Å². The van der Waals surface area contributed by atoms with Crippen LogP contribution in [0.2, 0.25) is 0 Å². The maximum atomic E-state index is 6.28. The van der Waals surface area contributed by atoms with Gasteiger partial charge in [-0.25, -0.2) is 4.98 Å². The zero-order valence-electron chi connectivity index (χ0n) is 24.5. The van der Waals surface area contributed by atoms with E-state index in [1.54, 1.807) is 0 Å². The van der Waals surface area contributed by atoms with E-state index in [0.29, 0.717) is 0 Å². The Hall–Kier alpha value is -5.39. The third-order valence-corrected chi connectivity index (χ3v) is 8.44. The molecule has 1 aliphatic rings. The van der Waals surface area contributed by atoms with Crippen molar-refractivity contribution in [3.63, 3.8) is 0 Å². The Balaban J connectivity index is 1.39. The van der Waals surface area contributed by atoms with Gasteiger partial charge in [-0.1, -0.05) is 103 Å². The predicted molar refractivity (Wildman–Crippen MR) is 183 cm³/mol. The maximum Gasteiger partial charge on any atom is 0.111 e. The van der Waals surface area contributed by atoms with Crippen LogP contribution in [0.1, 0.15) is 36.7 Å². The molecule has 206 valence electrons. The number of nitrogens with zero attached hydrogens (tertiary/aromatic N) is 2. The summed E-state index contributed by atoms with van der Waals surface area (Å²) < 4.78 is 2.22. The molecule has 0 unspecified atom stereocenters. The van der Waals surface area contributed by atoms with Gasteiger partial charge in [-0.15, -0.1) is 6.42 Å². The van der Waals surface area contributed by atoms with Gasteiger partial charge in [0.1, 0.15) is 5.82 Å². The van der Waals surface area contributed by atoms with Gasteiger partial charge in [0, 0.05) is 16.8 Å². The molecule has 7 rings (SSSR count). The lowest BCUT2D eigenvalue weighted by Crippen LogP contribution is -2.32. The molecule has 0 radical (unpaired) electrons. The highest BCUT2D eigenvalue weighted by atomic mass is 15.1. The van der Waals surface area contributed by atoms with Crippen molar-refractivity contribution in [3.05, 3.63) is 143 Å². The van der Waals surface area contributed by atoms with Gasteiger partial charge >= 0.3 is 0 Å². The van der Waals surface area contributed by atoms with Gasteiger partial charge in [-0.3, -0.25) is 4.57 Å². The van der Waals surface area contributed by atoms with E-state index in [-0.39, 0.29) is 0 Å². The molecule has 2 nitrogen and oxygen atoms in total. The van der Waals surface area contributed by atoms with Crippen LogP contribution < -0.4 is 10.4 Å². The summed E-state index contributed by atoms with van der Waals surface area (Å²) in [6, 6.07) is 36.3. The van der Waals surface area contributed by atoms with Gasteiger partial charge in [-0.2, -0.15) is 0 Å². The summed E-state index contributed by atoms with van der Waals surface area (Å²) in [5.74, 6) is 4.03. The number of allylic oxidation sites excluding steroid dienone is 4. The maximum absolute atomic E-state index is 6.28. The molecule has 1 aliphatic carbocycles. The Morgan fingerprint density at radius 1 is 0.791 bits per heavy atom. The fraction of sp³-hybridized carbons (Fsp3) is 0.0976. The van der Waals surface area contributed by atoms with Gasteiger partial charge in [0.25, 0.3) is 0 Å². The number of fused-ring (bicyclic) bond motifs is 3. The molecule has 0 saturated carbocycles. The van der Waals surface area contributed by atoms with Crippen LogP contribution in [0.25, 0.3) is 61.9 Å². The lowest BCUT2D eigenvalue weighted by molar-refractivity contribution is 1.00. The summed E-state index contributed by atoms with van der Waals surface area (Å²) in [6.45, 7) is 4.20. The molecule has 5 aromatic carbocycles. The van der Waals surface area contributed by atoms with Crippen LogP contribution in [-0.4, -0.2) is 9.55 Å². The summed E-state index contributed by atoms with van der Waals surface area (Å²) >= 11 is 0. The summed E-state index contributed by atoms with van der Waals surface area (Å²) in [4.78, 5) is 4.81. The van der Waals surface area contributed by atoms with Crippen molar-refractivity contribution in [1.29, 1.82) is 0 Å². The number of rotatable bonds is 5. The Bertz CT molecular complexity index is 2240. The van der Waals surface area contributed by atoms with E-state index >= 15 is 0 Å². The highest BCUT2D eigenvalue weighted by Gasteiger charge is 2.16. The molecule has 6 aromatic rings. The zero-order chi connectivity index (χ0) is 29.3. The van der Waals surface area contributed by atoms with Crippen LogP contribution in [0.4, 0.5) is 0 Å². The first kappa shape index (κ1) is 26.5. The highest BCUT2D eigenvalue weighted by Crippen LogP contribution is 2.31. The number of hydrogen-bond donors (Lipinski definition) is 0. The normalized spacial score (nSPS) is 13.3. The summed E-state index contributed by atoms with van der Waals surface area (Å²) in [5.41, 5.74) is 10.0. The molecule has 2 heteroatoms. The minimum Gasteiger partial charge on any atom is -0.297 e. The second-order valence-corrected chi connectivity index (χ2v) is 11.1. The van der Waals surface area contributed by atoms with Crippen molar-refractivity contribution in [2.75, 3.05) is 0 Å². The molecule has 0 bridgehead atoms. The standard InChI is InChI=1S/C41H32N2/c1-4-30(24-23-28(2)32-25-26-38-39(27-32)43(29(3)42-38)33-17-9-6-10-18-33)40-34-19-11-13-21-36(34)41(31-15-7-5-8-16-31)37-22-14-12-20-35(37)40/h1,5-11,13,15-27H,12,14H2,2-3H3/b28-23+,30-24+. The smallest absolute Gasteiger partial charge is 0.111 e. The third-order valence-electron chi connectivity index (χ3n) is 8.44. The van der Waals surface area contributed by atoms with Crippen molar-refractivity contribution >= 4 is 45.1 Å². The van der Waals surface area contributed by atoms with Crippen molar-refractivity contribution in [2.45, 2.75) is 26.7 Å². The molecular weight excluding hydrogens is 520 g/mol. The van der Waals surface area contributed by atoms with E-state index in [1.165, 1.54) is 32.3 Å². The highest BCUT2D eigenvalue weighted by molar-refractivity contribution is 6.05. The first-order valence-corrected chi connectivity index (χ1v) is 14.8. The molecule has 0 fully saturated rings. The van der Waals surface area contributed by atoms with E-state index in [1.807, 2.05) is 6.07 Å². The summed E-state index contributed by atoms with van der Waals surface area (Å²) in [7, 11) is 0. The SMILES string of the molecule is C#C/C(=C\C=C(/C)c1ccc2nc(C)n(-c3ccccc3)c2c1)c1c2c(c(-c3ccccc3)c3ccccc13)=CCCC=2. The third kappa shape index (κ3) is 4.70. The average molecular weight is 553 g/mol. The second-order valence-electron chi connectivity index (χ2n) is 11.1. The van der Waals surface area contributed by atoms with Gasteiger partial charge in [0.15, 0.2) is 0 Å². The van der Waals surface area contributed by atoms with Crippen LogP contribution in [0, 0.1) is 19.3 Å². The van der Waals surface area contributed by atoms with Gasteiger partial charge in [0.05, 0.1) is 11.0 Å². The van der Waals surface area contributed by atoms with Crippen LogP contribution in [0.3, 0.4) is 0 Å². The number of benzene rings is 5. The Kier molecular flexibility index (Phi) is 6.85. The number of hydrogen-bond acceptors (Lipinski definition) is 1. The average Bonchev–Trinajstić information content (AvgIpc) is 3.40. The van der Waals surface area contributed by atoms with Crippen molar-refractivity contribution in [3.8, 4) is 29.2 Å². The second kappa shape index (κ2) is 11.1. The van der Waals surface area contributed by atoms with Crippen molar-refractivity contribution < 1.29 is 0 Å². The molecule has 1 heterocycles. The minimum absolute atomic E-state index is 0.893. The monoisotopic (exact) mass is 552 g/mol. The molecule has 0 spiro atoms. The molecule has 0 amide bonds. The van der Waals surface area contributed by atoms with Crippen molar-refractivity contribution in [2.24, 2.45) is 0 Å². The minimum atomic E-state index is 0.893. The molecule has 43 heavy (non-hydrogen) atoms. The van der Waals surface area contributed by atoms with Gasteiger partial charge < -0.3 is 0 Å². The first-order chi connectivity index (χ1) is 21.1.